The quantitative estimate of drug-likeness (QED) is 0.578. The third-order valence-corrected chi connectivity index (χ3v) is 1.39. The Morgan fingerprint density at radius 1 is 1.30 bits per heavy atom. The van der Waals surface area contributed by atoms with Gasteiger partial charge in [-0.05, 0) is 26.9 Å². The Kier molecular flexibility index (Phi) is 3.87. The van der Waals surface area contributed by atoms with Gasteiger partial charge in [0.1, 0.15) is 5.67 Å². The van der Waals surface area contributed by atoms with Gasteiger partial charge >= 0.3 is 0 Å². The molecule has 0 aromatic carbocycles. The number of rotatable bonds is 2. The maximum atomic E-state index is 12.7. The van der Waals surface area contributed by atoms with Gasteiger partial charge < -0.3 is 4.90 Å². The van der Waals surface area contributed by atoms with Gasteiger partial charge in [0.15, 0.2) is 0 Å². The van der Waals surface area contributed by atoms with E-state index in [1.54, 1.807) is 0 Å². The summed E-state index contributed by atoms with van der Waals surface area (Å²) in [4.78, 5) is 1.90. The van der Waals surface area contributed by atoms with E-state index in [9.17, 15) is 4.39 Å². The van der Waals surface area contributed by atoms with Crippen LogP contribution in [0.5, 0.6) is 0 Å². The largest absolute Gasteiger partial charge is 0.306 e. The Hall–Kier alpha value is -0.110. The minimum Gasteiger partial charge on any atom is -0.306 e. The van der Waals surface area contributed by atoms with Gasteiger partial charge in [-0.1, -0.05) is 13.8 Å². The lowest BCUT2D eigenvalue weighted by atomic mass is 10.3. The van der Waals surface area contributed by atoms with E-state index in [4.69, 9.17) is 0 Å². The third kappa shape index (κ3) is 3.83. The van der Waals surface area contributed by atoms with Crippen LogP contribution in [0.2, 0.25) is 0 Å². The standard InChI is InChI=1S/C6H12FN.C2H6/c1-8(2)5-6(7)3-4-6;1-2/h3-5H2,1-2H3;1-2H3. The molecule has 0 aliphatic heterocycles. The van der Waals surface area contributed by atoms with Crippen LogP contribution in [0.15, 0.2) is 0 Å². The molecule has 2 heteroatoms. The van der Waals surface area contributed by atoms with Crippen LogP contribution < -0.4 is 0 Å². The number of hydrogen-bond donors (Lipinski definition) is 0. The minimum atomic E-state index is -0.802. The Balaban J connectivity index is 0.000000371. The Bertz CT molecular complexity index is 87.3. The van der Waals surface area contributed by atoms with E-state index in [0.717, 1.165) is 12.8 Å². The molecule has 0 spiro atoms. The van der Waals surface area contributed by atoms with Gasteiger partial charge in [-0.15, -0.1) is 0 Å². The summed E-state index contributed by atoms with van der Waals surface area (Å²) in [5.41, 5.74) is -0.802. The maximum Gasteiger partial charge on any atom is 0.123 e. The fraction of sp³-hybridized carbons (Fsp3) is 1.00. The topological polar surface area (TPSA) is 3.24 Å². The highest BCUT2D eigenvalue weighted by Crippen LogP contribution is 2.39. The lowest BCUT2D eigenvalue weighted by Gasteiger charge is -2.11. The van der Waals surface area contributed by atoms with E-state index in [2.05, 4.69) is 0 Å². The molecular formula is C8H18FN. The monoisotopic (exact) mass is 147 g/mol. The zero-order valence-corrected chi connectivity index (χ0v) is 7.45. The van der Waals surface area contributed by atoms with Crippen molar-refractivity contribution in [1.29, 1.82) is 0 Å². The molecular weight excluding hydrogens is 129 g/mol. The predicted molar refractivity (Wildman–Crippen MR) is 43.0 cm³/mol. The maximum absolute atomic E-state index is 12.7. The fourth-order valence-electron chi connectivity index (χ4n) is 0.860. The van der Waals surface area contributed by atoms with E-state index in [-0.39, 0.29) is 0 Å². The molecule has 1 nitrogen and oxygen atoms in total. The van der Waals surface area contributed by atoms with Crippen molar-refractivity contribution in [1.82, 2.24) is 4.90 Å². The first-order valence-electron chi connectivity index (χ1n) is 3.96. The molecule has 1 fully saturated rings. The van der Waals surface area contributed by atoms with Gasteiger partial charge in [0.25, 0.3) is 0 Å². The van der Waals surface area contributed by atoms with Crippen LogP contribution in [-0.2, 0) is 0 Å². The molecule has 0 radical (unpaired) electrons. The van der Waals surface area contributed by atoms with Crippen molar-refractivity contribution in [3.63, 3.8) is 0 Å². The number of halogens is 1. The summed E-state index contributed by atoms with van der Waals surface area (Å²) in [7, 11) is 3.80. The van der Waals surface area contributed by atoms with Crippen molar-refractivity contribution in [2.45, 2.75) is 32.4 Å². The van der Waals surface area contributed by atoms with Gasteiger partial charge in [-0.2, -0.15) is 0 Å². The molecule has 10 heavy (non-hydrogen) atoms. The first-order chi connectivity index (χ1) is 4.62. The normalized spacial score (nSPS) is 19.8. The molecule has 0 aromatic heterocycles. The van der Waals surface area contributed by atoms with Gasteiger partial charge in [-0.3, -0.25) is 0 Å². The molecule has 0 N–H and O–H groups in total. The molecule has 1 aliphatic rings. The first-order valence-corrected chi connectivity index (χ1v) is 3.96. The van der Waals surface area contributed by atoms with E-state index in [0.29, 0.717) is 6.54 Å². The van der Waals surface area contributed by atoms with Crippen molar-refractivity contribution in [2.24, 2.45) is 0 Å². The number of hydrogen-bond acceptors (Lipinski definition) is 1. The van der Waals surface area contributed by atoms with Crippen LogP contribution in [0, 0.1) is 0 Å². The van der Waals surface area contributed by atoms with Gasteiger partial charge in [0.05, 0.1) is 0 Å². The fourth-order valence-corrected chi connectivity index (χ4v) is 0.860. The van der Waals surface area contributed by atoms with E-state index >= 15 is 0 Å². The first kappa shape index (κ1) is 9.89. The molecule has 0 amide bonds. The van der Waals surface area contributed by atoms with Gasteiger partial charge in [-0.25, -0.2) is 4.39 Å². The molecule has 0 heterocycles. The Labute approximate surface area is 63.2 Å². The van der Waals surface area contributed by atoms with Gasteiger partial charge in [0, 0.05) is 6.54 Å². The zero-order valence-electron chi connectivity index (χ0n) is 7.45. The van der Waals surface area contributed by atoms with Crippen molar-refractivity contribution in [3.8, 4) is 0 Å². The molecule has 1 saturated carbocycles. The number of alkyl halides is 1. The molecule has 0 unspecified atom stereocenters. The average molecular weight is 147 g/mol. The summed E-state index contributed by atoms with van der Waals surface area (Å²) in [6, 6.07) is 0. The smallest absolute Gasteiger partial charge is 0.123 e. The zero-order chi connectivity index (χ0) is 8.20. The van der Waals surface area contributed by atoms with Crippen LogP contribution in [0.3, 0.4) is 0 Å². The minimum absolute atomic E-state index is 0.604. The van der Waals surface area contributed by atoms with E-state index < -0.39 is 5.67 Å². The summed E-state index contributed by atoms with van der Waals surface area (Å²) in [6.45, 7) is 4.60. The highest BCUT2D eigenvalue weighted by Gasteiger charge is 2.43. The van der Waals surface area contributed by atoms with Crippen molar-refractivity contribution >= 4 is 0 Å². The molecule has 1 rings (SSSR count). The lowest BCUT2D eigenvalue weighted by Crippen LogP contribution is -2.23. The van der Waals surface area contributed by atoms with Crippen LogP contribution in [0.1, 0.15) is 26.7 Å². The van der Waals surface area contributed by atoms with Crippen molar-refractivity contribution in [3.05, 3.63) is 0 Å². The highest BCUT2D eigenvalue weighted by molar-refractivity contribution is 4.95. The summed E-state index contributed by atoms with van der Waals surface area (Å²) in [6.07, 6.45) is 1.54. The summed E-state index contributed by atoms with van der Waals surface area (Å²) in [5.74, 6) is 0. The van der Waals surface area contributed by atoms with E-state index in [1.165, 1.54) is 0 Å². The summed E-state index contributed by atoms with van der Waals surface area (Å²) < 4.78 is 12.7. The second-order valence-corrected chi connectivity index (χ2v) is 2.89. The Morgan fingerprint density at radius 3 is 1.80 bits per heavy atom. The van der Waals surface area contributed by atoms with Crippen LogP contribution in [-0.4, -0.2) is 31.2 Å². The van der Waals surface area contributed by atoms with Crippen molar-refractivity contribution < 1.29 is 4.39 Å². The molecule has 0 bridgehead atoms. The molecule has 0 saturated heterocycles. The van der Waals surface area contributed by atoms with Crippen LogP contribution >= 0.6 is 0 Å². The van der Waals surface area contributed by atoms with Crippen molar-refractivity contribution in [2.75, 3.05) is 20.6 Å². The summed E-state index contributed by atoms with van der Waals surface area (Å²) >= 11 is 0. The lowest BCUT2D eigenvalue weighted by molar-refractivity contribution is 0.227. The SMILES string of the molecule is CC.CN(C)CC1(F)CC1. The molecule has 0 atom stereocenters. The molecule has 62 valence electrons. The van der Waals surface area contributed by atoms with E-state index in [1.807, 2.05) is 32.8 Å². The van der Waals surface area contributed by atoms with Gasteiger partial charge in [0.2, 0.25) is 0 Å². The van der Waals surface area contributed by atoms with Crippen LogP contribution in [0.4, 0.5) is 4.39 Å². The second-order valence-electron chi connectivity index (χ2n) is 2.89. The summed E-state index contributed by atoms with van der Waals surface area (Å²) in [5, 5.41) is 0. The Morgan fingerprint density at radius 2 is 1.70 bits per heavy atom. The molecule has 1 aliphatic carbocycles. The molecule has 0 aromatic rings. The van der Waals surface area contributed by atoms with Crippen LogP contribution in [0.25, 0.3) is 0 Å². The number of nitrogens with zero attached hydrogens (tertiary/aromatic N) is 1. The highest BCUT2D eigenvalue weighted by atomic mass is 19.1. The third-order valence-electron chi connectivity index (χ3n) is 1.39. The second kappa shape index (κ2) is 3.91. The average Bonchev–Trinajstić information content (AvgIpc) is 2.51. The predicted octanol–water partition coefficient (Wildman–Crippen LogP) is 2.08.